The number of ketones is 1. The van der Waals surface area contributed by atoms with Gasteiger partial charge in [-0.2, -0.15) is 15.2 Å². The summed E-state index contributed by atoms with van der Waals surface area (Å²) in [5, 5.41) is 23.7. The van der Waals surface area contributed by atoms with Gasteiger partial charge in [-0.25, -0.2) is 4.98 Å². The van der Waals surface area contributed by atoms with Crippen molar-refractivity contribution in [2.45, 2.75) is 0 Å². The number of thiazole rings is 1. The number of carbonyl (C=O) groups excluding carboxylic acids is 2. The van der Waals surface area contributed by atoms with Gasteiger partial charge in [-0.1, -0.05) is 41.9 Å². The molecule has 5 aromatic rings. The summed E-state index contributed by atoms with van der Waals surface area (Å²) in [6.07, 6.45) is 0. The second-order valence-electron chi connectivity index (χ2n) is 9.57. The van der Waals surface area contributed by atoms with Crippen molar-refractivity contribution < 1.29 is 19.2 Å². The molecule has 1 aliphatic rings. The fourth-order valence-electron chi connectivity index (χ4n) is 4.48. The van der Waals surface area contributed by atoms with E-state index in [4.69, 9.17) is 16.3 Å². The van der Waals surface area contributed by atoms with Crippen LogP contribution in [0, 0.1) is 10.1 Å². The lowest BCUT2D eigenvalue weighted by Gasteiger charge is -2.10. The maximum Gasteiger partial charge on any atom is 0.303 e. The van der Waals surface area contributed by atoms with Crippen LogP contribution in [0.15, 0.2) is 113 Å². The lowest BCUT2D eigenvalue weighted by atomic mass is 10.0. The normalized spacial score (nSPS) is 13.6. The van der Waals surface area contributed by atoms with E-state index in [9.17, 15) is 19.7 Å². The fraction of sp³-hybridized carbons (Fsp3) is 0.0312. The van der Waals surface area contributed by atoms with Crippen LogP contribution in [0.1, 0.15) is 21.5 Å². The molecule has 0 spiro atoms. The molecule has 0 radical (unpaired) electrons. The average Bonchev–Trinajstić information content (AvgIpc) is 3.69. The predicted octanol–water partition coefficient (Wildman–Crippen LogP) is 6.83. The zero-order chi connectivity index (χ0) is 31.5. The smallest absolute Gasteiger partial charge is 0.303 e. The number of halogens is 1. The van der Waals surface area contributed by atoms with Crippen LogP contribution in [0.3, 0.4) is 0 Å². The molecule has 0 unspecified atom stereocenters. The molecule has 1 aliphatic heterocycles. The maximum absolute atomic E-state index is 13.8. The van der Waals surface area contributed by atoms with Crippen LogP contribution >= 0.6 is 22.9 Å². The zero-order valence-corrected chi connectivity index (χ0v) is 25.0. The number of nitrogens with zero attached hydrogens (tertiary/aromatic N) is 5. The molecule has 1 aromatic heterocycles. The molecule has 0 saturated carbocycles. The molecule has 2 heterocycles. The Morgan fingerprint density at radius 1 is 1.00 bits per heavy atom. The van der Waals surface area contributed by atoms with E-state index in [1.165, 1.54) is 41.7 Å². The summed E-state index contributed by atoms with van der Waals surface area (Å²) >= 11 is 7.44. The molecule has 222 valence electrons. The second-order valence-corrected chi connectivity index (χ2v) is 10.8. The van der Waals surface area contributed by atoms with Gasteiger partial charge in [0.2, 0.25) is 5.13 Å². The number of carbonyl (C=O) groups is 2. The fourth-order valence-corrected chi connectivity index (χ4v) is 5.43. The van der Waals surface area contributed by atoms with Crippen LogP contribution < -0.4 is 15.2 Å². The largest absolute Gasteiger partial charge is 0.497 e. The lowest BCUT2D eigenvalue weighted by molar-refractivity contribution is -0.384. The Bertz CT molecular complexity index is 1990. The summed E-state index contributed by atoms with van der Waals surface area (Å²) in [6.45, 7) is 0. The number of non-ortho nitro benzene ring substituents is 1. The van der Waals surface area contributed by atoms with Crippen molar-refractivity contribution in [3.8, 4) is 17.0 Å². The highest BCUT2D eigenvalue weighted by Gasteiger charge is 2.36. The number of nitro groups is 1. The molecule has 13 heteroatoms. The number of nitro benzene ring substituents is 1. The van der Waals surface area contributed by atoms with Gasteiger partial charge >= 0.3 is 5.91 Å². The van der Waals surface area contributed by atoms with Crippen molar-refractivity contribution in [3.63, 3.8) is 0 Å². The van der Waals surface area contributed by atoms with Crippen LogP contribution in [-0.4, -0.2) is 40.1 Å². The van der Waals surface area contributed by atoms with Gasteiger partial charge in [-0.3, -0.25) is 25.1 Å². The van der Waals surface area contributed by atoms with E-state index < -0.39 is 10.8 Å². The highest BCUT2D eigenvalue weighted by molar-refractivity contribution is 7.14. The lowest BCUT2D eigenvalue weighted by Crippen LogP contribution is -2.28. The maximum atomic E-state index is 13.8. The first kappa shape index (κ1) is 29.4. The number of amides is 1. The van der Waals surface area contributed by atoms with Crippen molar-refractivity contribution in [2.75, 3.05) is 17.5 Å². The van der Waals surface area contributed by atoms with Crippen molar-refractivity contribution in [2.24, 2.45) is 10.2 Å². The van der Waals surface area contributed by atoms with E-state index >= 15 is 0 Å². The van der Waals surface area contributed by atoms with Crippen molar-refractivity contribution in [1.29, 1.82) is 0 Å². The van der Waals surface area contributed by atoms with Gasteiger partial charge in [0.15, 0.2) is 11.5 Å². The molecule has 6 rings (SSSR count). The molecule has 4 aromatic carbocycles. The number of rotatable bonds is 9. The van der Waals surface area contributed by atoms with Crippen molar-refractivity contribution in [1.82, 2.24) is 4.98 Å². The van der Waals surface area contributed by atoms with E-state index in [2.05, 4.69) is 20.6 Å². The van der Waals surface area contributed by atoms with E-state index in [0.29, 0.717) is 38.4 Å². The monoisotopic (exact) mass is 636 g/mol. The van der Waals surface area contributed by atoms with E-state index in [0.717, 1.165) is 10.6 Å². The van der Waals surface area contributed by atoms with Crippen molar-refractivity contribution >= 4 is 62.6 Å². The standard InChI is InChI=1S/C32H21ClN6O5S/c1-44-24-14-9-19(10-15-24)27-18-45-32(34-27)38-31(41)29(28(37-38)20-7-12-23(13-8-20)39(42)43)36-35-26-16-11-22(33)17-25(26)30(40)21-5-3-2-4-6-21/h2-18,35H,1H3. The molecule has 0 aliphatic carbocycles. The molecular weight excluding hydrogens is 616 g/mol. The van der Waals surface area contributed by atoms with Crippen molar-refractivity contribution in [3.05, 3.63) is 134 Å². The van der Waals surface area contributed by atoms with E-state index in [1.54, 1.807) is 55.0 Å². The quantitative estimate of drug-likeness (QED) is 0.106. The van der Waals surface area contributed by atoms with Gasteiger partial charge < -0.3 is 4.74 Å². The Hall–Kier alpha value is -5.72. The highest BCUT2D eigenvalue weighted by Crippen LogP contribution is 2.32. The highest BCUT2D eigenvalue weighted by atomic mass is 35.5. The third-order valence-electron chi connectivity index (χ3n) is 6.78. The minimum absolute atomic E-state index is 0.0851. The van der Waals surface area contributed by atoms with Crippen LogP contribution in [0.25, 0.3) is 11.3 Å². The third-order valence-corrected chi connectivity index (χ3v) is 7.83. The number of hydrazone groups is 2. The molecule has 45 heavy (non-hydrogen) atoms. The van der Waals surface area contributed by atoms with Gasteiger partial charge in [0.25, 0.3) is 5.69 Å². The summed E-state index contributed by atoms with van der Waals surface area (Å²) in [6, 6.07) is 26.3. The van der Waals surface area contributed by atoms with E-state index in [-0.39, 0.29) is 28.5 Å². The Morgan fingerprint density at radius 2 is 1.71 bits per heavy atom. The number of anilines is 2. The number of nitrogens with one attached hydrogen (secondary N) is 1. The molecule has 0 fully saturated rings. The second kappa shape index (κ2) is 12.5. The number of hydrogen-bond acceptors (Lipinski definition) is 10. The number of benzene rings is 4. The number of hydrogen-bond donors (Lipinski definition) is 1. The minimum Gasteiger partial charge on any atom is -0.497 e. The summed E-state index contributed by atoms with van der Waals surface area (Å²) in [4.78, 5) is 42.5. The average molecular weight is 637 g/mol. The Labute approximate surface area is 265 Å². The van der Waals surface area contributed by atoms with Gasteiger partial charge in [-0.15, -0.1) is 11.3 Å². The van der Waals surface area contributed by atoms with Gasteiger partial charge in [0.1, 0.15) is 11.5 Å². The van der Waals surface area contributed by atoms with Gasteiger partial charge in [-0.05, 0) is 54.6 Å². The van der Waals surface area contributed by atoms with Crippen LogP contribution in [0.4, 0.5) is 16.5 Å². The third kappa shape index (κ3) is 6.05. The van der Waals surface area contributed by atoms with Gasteiger partial charge in [0.05, 0.1) is 23.4 Å². The van der Waals surface area contributed by atoms with Gasteiger partial charge in [0, 0.05) is 44.8 Å². The number of aromatic nitrogens is 1. The van der Waals surface area contributed by atoms with E-state index in [1.807, 2.05) is 24.3 Å². The minimum atomic E-state index is -0.587. The molecule has 0 saturated heterocycles. The van der Waals surface area contributed by atoms with Crippen LogP contribution in [0.5, 0.6) is 5.75 Å². The Balaban J connectivity index is 1.37. The SMILES string of the molecule is COc1ccc(-c2csc(N3N=C(c4ccc([N+](=O)[O-])cc4)C(=NNc4ccc(Cl)cc4C(=O)c4ccccc4)C3=O)n2)cc1. The molecule has 1 N–H and O–H groups in total. The topological polar surface area (TPSA) is 139 Å². The molecular formula is C32H21ClN6O5S. The summed E-state index contributed by atoms with van der Waals surface area (Å²) in [5.41, 5.74) is 5.68. The first-order chi connectivity index (χ1) is 21.8. The van der Waals surface area contributed by atoms with Crippen LogP contribution in [0.2, 0.25) is 5.02 Å². The molecule has 1 amide bonds. The summed E-state index contributed by atoms with van der Waals surface area (Å²) in [7, 11) is 1.58. The Kier molecular flexibility index (Phi) is 8.14. The first-order valence-corrected chi connectivity index (χ1v) is 14.6. The summed E-state index contributed by atoms with van der Waals surface area (Å²) < 4.78 is 5.23. The Morgan fingerprint density at radius 3 is 2.40 bits per heavy atom. The molecule has 0 bridgehead atoms. The summed E-state index contributed by atoms with van der Waals surface area (Å²) in [5.74, 6) is -0.182. The molecule has 0 atom stereocenters. The molecule has 11 nitrogen and oxygen atoms in total. The van der Waals surface area contributed by atoms with Crippen LogP contribution in [-0.2, 0) is 4.79 Å². The number of ether oxygens (including phenoxy) is 1. The predicted molar refractivity (Wildman–Crippen MR) is 174 cm³/mol. The zero-order valence-electron chi connectivity index (χ0n) is 23.4. The number of methoxy groups -OCH3 is 1. The first-order valence-electron chi connectivity index (χ1n) is 13.3.